The average Bonchev–Trinajstić information content (AvgIpc) is 2.58. The quantitative estimate of drug-likeness (QED) is 0.509. The first-order valence-electron chi connectivity index (χ1n) is 7.24. The maximum absolute atomic E-state index is 13.9. The van der Waals surface area contributed by atoms with E-state index in [2.05, 4.69) is 5.32 Å². The summed E-state index contributed by atoms with van der Waals surface area (Å²) in [6.07, 6.45) is -6.08. The van der Waals surface area contributed by atoms with Gasteiger partial charge in [-0.3, -0.25) is 0 Å². The molecule has 0 aliphatic carbocycles. The summed E-state index contributed by atoms with van der Waals surface area (Å²) in [5, 5.41) is 11.8. The van der Waals surface area contributed by atoms with Crippen LogP contribution < -0.4 is 10.1 Å². The minimum Gasteiger partial charge on any atom is -0.449 e. The van der Waals surface area contributed by atoms with Crippen molar-refractivity contribution in [3.05, 3.63) is 53.1 Å². The number of ether oxygens (including phenoxy) is 1. The molecule has 27 heavy (non-hydrogen) atoms. The minimum absolute atomic E-state index is 0.00262. The Morgan fingerprint density at radius 3 is 2.04 bits per heavy atom. The summed E-state index contributed by atoms with van der Waals surface area (Å²) in [7, 11) is 0. The molecule has 148 valence electrons. The summed E-state index contributed by atoms with van der Waals surface area (Å²) in [6, 6.07) is 1.04. The van der Waals surface area contributed by atoms with Crippen molar-refractivity contribution in [2.45, 2.75) is 12.3 Å². The van der Waals surface area contributed by atoms with Gasteiger partial charge in [0, 0.05) is 18.7 Å². The fraction of sp³-hybridized carbons (Fsp3) is 0.250. The van der Waals surface area contributed by atoms with Crippen LogP contribution in [0.5, 0.6) is 11.5 Å². The molecule has 1 unspecified atom stereocenters. The van der Waals surface area contributed by atoms with Gasteiger partial charge in [-0.25, -0.2) is 17.6 Å². The van der Waals surface area contributed by atoms with Gasteiger partial charge in [-0.05, 0) is 12.1 Å². The normalized spacial score (nSPS) is 12.8. The molecule has 2 N–H and O–H groups in total. The van der Waals surface area contributed by atoms with Gasteiger partial charge in [0.2, 0.25) is 0 Å². The monoisotopic (exact) mass is 417 g/mol. The number of nitrogens with one attached hydrogen (secondary N) is 1. The van der Waals surface area contributed by atoms with Crippen LogP contribution in [0.1, 0.15) is 5.56 Å². The molecule has 0 amide bonds. The van der Waals surface area contributed by atoms with E-state index in [1.54, 1.807) is 0 Å². The van der Waals surface area contributed by atoms with Gasteiger partial charge in [-0.1, -0.05) is 0 Å². The van der Waals surface area contributed by atoms with E-state index in [-0.39, 0.29) is 30.2 Å². The van der Waals surface area contributed by atoms with E-state index >= 15 is 0 Å². The second-order valence-corrected chi connectivity index (χ2v) is 5.63. The molecule has 3 nitrogen and oxygen atoms in total. The second-order valence-electron chi connectivity index (χ2n) is 5.32. The van der Waals surface area contributed by atoms with E-state index in [1.807, 2.05) is 0 Å². The molecule has 1 atom stereocenters. The van der Waals surface area contributed by atoms with Crippen molar-refractivity contribution in [3.63, 3.8) is 0 Å². The Morgan fingerprint density at radius 1 is 0.963 bits per heavy atom. The van der Waals surface area contributed by atoms with E-state index in [0.29, 0.717) is 12.1 Å². The summed E-state index contributed by atoms with van der Waals surface area (Å²) >= 11 is 5.39. The molecule has 11 heteroatoms. The third-order valence-corrected chi connectivity index (χ3v) is 3.62. The van der Waals surface area contributed by atoms with Gasteiger partial charge in [-0.2, -0.15) is 13.2 Å². The van der Waals surface area contributed by atoms with E-state index < -0.39 is 52.6 Å². The largest absolute Gasteiger partial charge is 0.449 e. The Morgan fingerprint density at radius 2 is 1.52 bits per heavy atom. The summed E-state index contributed by atoms with van der Waals surface area (Å²) in [5.74, 6) is -8.21. The van der Waals surface area contributed by atoms with Crippen LogP contribution in [-0.4, -0.2) is 23.6 Å². The van der Waals surface area contributed by atoms with Gasteiger partial charge < -0.3 is 15.2 Å². The summed E-state index contributed by atoms with van der Waals surface area (Å²) in [5.41, 5.74) is -1.89. The van der Waals surface area contributed by atoms with Gasteiger partial charge in [0.25, 0.3) is 0 Å². The van der Waals surface area contributed by atoms with Crippen LogP contribution in [0.3, 0.4) is 0 Å². The van der Waals surface area contributed by atoms with Crippen LogP contribution in [0.15, 0.2) is 24.3 Å². The van der Waals surface area contributed by atoms with Crippen molar-refractivity contribution >= 4 is 17.3 Å². The van der Waals surface area contributed by atoms with Crippen molar-refractivity contribution in [3.8, 4) is 11.5 Å². The molecule has 0 radical (unpaired) electrons. The molecule has 0 fully saturated rings. The number of aliphatic hydroxyl groups excluding tert-OH is 1. The molecule has 2 aromatic carbocycles. The van der Waals surface area contributed by atoms with Crippen LogP contribution in [0.25, 0.3) is 0 Å². The van der Waals surface area contributed by atoms with Crippen LogP contribution in [-0.2, 0) is 6.18 Å². The van der Waals surface area contributed by atoms with Gasteiger partial charge >= 0.3 is 6.18 Å². The van der Waals surface area contributed by atoms with Crippen molar-refractivity contribution in [1.29, 1.82) is 0 Å². The van der Waals surface area contributed by atoms with Crippen molar-refractivity contribution in [2.24, 2.45) is 0 Å². The van der Waals surface area contributed by atoms with Crippen molar-refractivity contribution in [1.82, 2.24) is 0 Å². The van der Waals surface area contributed by atoms with Crippen LogP contribution in [0.2, 0.25) is 0 Å². The second kappa shape index (κ2) is 8.22. The van der Waals surface area contributed by atoms with E-state index in [1.165, 1.54) is 0 Å². The lowest BCUT2D eigenvalue weighted by Gasteiger charge is -2.16. The molecule has 0 spiro atoms. The number of halogens is 8. The Balaban J connectivity index is 2.40. The number of benzene rings is 2. The highest BCUT2D eigenvalue weighted by molar-refractivity contribution is 6.18. The zero-order valence-corrected chi connectivity index (χ0v) is 13.9. The molecule has 2 rings (SSSR count). The minimum atomic E-state index is -4.99. The van der Waals surface area contributed by atoms with Crippen LogP contribution >= 0.6 is 11.6 Å². The molecule has 0 saturated carbocycles. The average molecular weight is 418 g/mol. The summed E-state index contributed by atoms with van der Waals surface area (Å²) in [4.78, 5) is 0. The number of alkyl halides is 4. The summed E-state index contributed by atoms with van der Waals surface area (Å²) in [6.45, 7) is -0.247. The molecular weight excluding hydrogens is 407 g/mol. The zero-order chi connectivity index (χ0) is 20.4. The molecule has 0 bridgehead atoms. The third kappa shape index (κ3) is 5.16. The van der Waals surface area contributed by atoms with E-state index in [9.17, 15) is 35.8 Å². The molecule has 2 aromatic rings. The van der Waals surface area contributed by atoms with Crippen molar-refractivity contribution < 1.29 is 40.6 Å². The Labute approximate surface area is 153 Å². The van der Waals surface area contributed by atoms with Crippen molar-refractivity contribution in [2.75, 3.05) is 17.7 Å². The smallest absolute Gasteiger partial charge is 0.416 e. The first-order chi connectivity index (χ1) is 12.5. The highest BCUT2D eigenvalue weighted by atomic mass is 35.5. The molecule has 0 aliphatic rings. The van der Waals surface area contributed by atoms with Crippen LogP contribution in [0, 0.1) is 23.3 Å². The SMILES string of the molecule is OC(CCl)CNc1cc(F)c(F)cc1Oc1c(F)cc(C(F)(F)F)cc1F. The first kappa shape index (κ1) is 21.1. The number of hydrogen-bond donors (Lipinski definition) is 2. The number of aliphatic hydroxyl groups is 1. The molecular formula is C16H11ClF7NO2. The highest BCUT2D eigenvalue weighted by Crippen LogP contribution is 2.38. The predicted molar refractivity (Wildman–Crippen MR) is 83.0 cm³/mol. The van der Waals surface area contributed by atoms with Crippen LogP contribution in [0.4, 0.5) is 36.4 Å². The lowest BCUT2D eigenvalue weighted by atomic mass is 10.2. The molecule has 0 heterocycles. The number of hydrogen-bond acceptors (Lipinski definition) is 3. The zero-order valence-electron chi connectivity index (χ0n) is 13.2. The molecule has 0 aromatic heterocycles. The number of anilines is 1. The van der Waals surface area contributed by atoms with E-state index in [0.717, 1.165) is 0 Å². The fourth-order valence-corrected chi connectivity index (χ4v) is 2.07. The lowest BCUT2D eigenvalue weighted by molar-refractivity contribution is -0.138. The topological polar surface area (TPSA) is 41.5 Å². The Kier molecular flexibility index (Phi) is 6.42. The maximum atomic E-state index is 13.9. The van der Waals surface area contributed by atoms with E-state index in [4.69, 9.17) is 16.3 Å². The molecule has 0 aliphatic heterocycles. The lowest BCUT2D eigenvalue weighted by Crippen LogP contribution is -2.21. The number of rotatable bonds is 6. The standard InChI is InChI=1S/C16H11ClF7NO2/c17-5-8(26)6-25-13-3-9(18)10(19)4-14(13)27-15-11(20)1-7(2-12(15)21)16(22,23)24/h1-4,8,25-26H,5-6H2. The van der Waals surface area contributed by atoms with Gasteiger partial charge in [-0.15, -0.1) is 11.6 Å². The Bertz CT molecular complexity index is 806. The fourth-order valence-electron chi connectivity index (χ4n) is 1.96. The maximum Gasteiger partial charge on any atom is 0.416 e. The van der Waals surface area contributed by atoms with Gasteiger partial charge in [0.05, 0.1) is 23.2 Å². The molecule has 0 saturated heterocycles. The Hall–Kier alpha value is -2.20. The van der Waals surface area contributed by atoms with Gasteiger partial charge in [0.1, 0.15) is 0 Å². The highest BCUT2D eigenvalue weighted by Gasteiger charge is 2.33. The third-order valence-electron chi connectivity index (χ3n) is 3.27. The first-order valence-corrected chi connectivity index (χ1v) is 7.77. The predicted octanol–water partition coefficient (Wildman–Crippen LogP) is 5.07. The summed E-state index contributed by atoms with van der Waals surface area (Å²) < 4.78 is 97.2. The van der Waals surface area contributed by atoms with Gasteiger partial charge in [0.15, 0.2) is 34.8 Å².